The second kappa shape index (κ2) is 7.26. The molecule has 1 aromatic rings. The third-order valence-corrected chi connectivity index (χ3v) is 2.41. The molecule has 12 heavy (non-hydrogen) atoms. The van der Waals surface area contributed by atoms with Crippen molar-refractivity contribution in [2.75, 3.05) is 0 Å². The highest BCUT2D eigenvalue weighted by atomic mass is 35.7. The van der Waals surface area contributed by atoms with Gasteiger partial charge in [-0.2, -0.15) is 0 Å². The summed E-state index contributed by atoms with van der Waals surface area (Å²) in [5.41, 5.74) is 1.36. The summed E-state index contributed by atoms with van der Waals surface area (Å²) in [6, 6.07) is 8.28. The van der Waals surface area contributed by atoms with Crippen molar-refractivity contribution in [2.24, 2.45) is 0 Å². The van der Waals surface area contributed by atoms with Gasteiger partial charge in [0.1, 0.15) is 0 Å². The number of benzene rings is 1. The van der Waals surface area contributed by atoms with Gasteiger partial charge in [-0.1, -0.05) is 19.1 Å². The summed E-state index contributed by atoms with van der Waals surface area (Å²) < 4.78 is 0. The van der Waals surface area contributed by atoms with E-state index < -0.39 is 0 Å². The van der Waals surface area contributed by atoms with Crippen molar-refractivity contribution < 1.29 is 0 Å². The van der Waals surface area contributed by atoms with Crippen LogP contribution in [0.2, 0.25) is 0 Å². The fraction of sp³-hybridized carbons (Fsp3) is 0.200. The van der Waals surface area contributed by atoms with Gasteiger partial charge >= 0.3 is 0 Å². The Balaban J connectivity index is 0.000000561. The van der Waals surface area contributed by atoms with Crippen LogP contribution in [0.25, 0.3) is 0 Å². The molecule has 0 bridgehead atoms. The van der Waals surface area contributed by atoms with E-state index in [-0.39, 0.29) is 0 Å². The van der Waals surface area contributed by atoms with Gasteiger partial charge in [0.2, 0.25) is 0 Å². The number of hydrogen-bond acceptors (Lipinski definition) is 1. The van der Waals surface area contributed by atoms with Crippen LogP contribution in [0.15, 0.2) is 42.3 Å². The SMILES string of the molecule is C=C.CCc1ccc(SCl)cc1. The molecule has 0 unspecified atom stereocenters. The summed E-state index contributed by atoms with van der Waals surface area (Å²) in [6.07, 6.45) is 1.09. The van der Waals surface area contributed by atoms with Crippen LogP contribution in [-0.2, 0) is 6.42 Å². The third kappa shape index (κ3) is 3.84. The average molecular weight is 201 g/mol. The van der Waals surface area contributed by atoms with E-state index >= 15 is 0 Å². The standard InChI is InChI=1S/C8H9ClS.C2H4/c1-2-7-3-5-8(10-9)6-4-7;1-2/h3-6H,2H2,1H3;1-2H2. The lowest BCUT2D eigenvalue weighted by atomic mass is 10.2. The van der Waals surface area contributed by atoms with Gasteiger partial charge in [-0.25, -0.2) is 0 Å². The molecule has 0 spiro atoms. The zero-order valence-corrected chi connectivity index (χ0v) is 8.79. The second-order valence-corrected chi connectivity index (χ2v) is 3.16. The molecule has 1 aromatic carbocycles. The van der Waals surface area contributed by atoms with Crippen molar-refractivity contribution in [1.82, 2.24) is 0 Å². The molecule has 0 heterocycles. The van der Waals surface area contributed by atoms with Crippen LogP contribution < -0.4 is 0 Å². The molecular weight excluding hydrogens is 188 g/mol. The van der Waals surface area contributed by atoms with Gasteiger partial charge in [0.25, 0.3) is 0 Å². The van der Waals surface area contributed by atoms with Crippen molar-refractivity contribution in [3.05, 3.63) is 43.0 Å². The fourth-order valence-electron chi connectivity index (χ4n) is 0.777. The maximum Gasteiger partial charge on any atom is 0.0233 e. The minimum absolute atomic E-state index is 1.09. The summed E-state index contributed by atoms with van der Waals surface area (Å²) in [7, 11) is 6.80. The molecule has 0 saturated carbocycles. The molecule has 0 saturated heterocycles. The lowest BCUT2D eigenvalue weighted by Gasteiger charge is -1.95. The van der Waals surface area contributed by atoms with Gasteiger partial charge in [-0.15, -0.1) is 13.2 Å². The predicted octanol–water partition coefficient (Wildman–Crippen LogP) is 4.30. The summed E-state index contributed by atoms with van der Waals surface area (Å²) in [5.74, 6) is 0. The average Bonchev–Trinajstić information content (AvgIpc) is 2.21. The lowest BCUT2D eigenvalue weighted by Crippen LogP contribution is -1.76. The Bertz CT molecular complexity index is 183. The molecule has 66 valence electrons. The Labute approximate surface area is 83.1 Å². The first kappa shape index (κ1) is 11.6. The zero-order valence-electron chi connectivity index (χ0n) is 7.22. The number of hydrogen-bond donors (Lipinski definition) is 0. The summed E-state index contributed by atoms with van der Waals surface area (Å²) in [4.78, 5) is 1.11. The molecule has 2 heteroatoms. The van der Waals surface area contributed by atoms with Crippen molar-refractivity contribution in [2.45, 2.75) is 18.2 Å². The van der Waals surface area contributed by atoms with Crippen molar-refractivity contribution >= 4 is 21.7 Å². The van der Waals surface area contributed by atoms with Crippen LogP contribution in [-0.4, -0.2) is 0 Å². The first-order valence-electron chi connectivity index (χ1n) is 3.74. The smallest absolute Gasteiger partial charge is 0.0233 e. The van der Waals surface area contributed by atoms with Gasteiger partial charge in [0, 0.05) is 4.90 Å². The molecule has 0 aliphatic rings. The predicted molar refractivity (Wildman–Crippen MR) is 58.8 cm³/mol. The highest BCUT2D eigenvalue weighted by Crippen LogP contribution is 2.21. The monoisotopic (exact) mass is 200 g/mol. The first-order valence-corrected chi connectivity index (χ1v) is 5.38. The molecule has 0 amide bonds. The highest BCUT2D eigenvalue weighted by Gasteiger charge is 1.90. The number of rotatable bonds is 2. The largest absolute Gasteiger partial charge is 0.106 e. The van der Waals surface area contributed by atoms with Gasteiger partial charge in [-0.3, -0.25) is 0 Å². The summed E-state index contributed by atoms with van der Waals surface area (Å²) >= 11 is 0. The van der Waals surface area contributed by atoms with Crippen LogP contribution in [0.1, 0.15) is 12.5 Å². The minimum Gasteiger partial charge on any atom is -0.106 e. The van der Waals surface area contributed by atoms with E-state index in [2.05, 4.69) is 32.2 Å². The topological polar surface area (TPSA) is 0 Å². The Morgan fingerprint density at radius 1 is 1.25 bits per heavy atom. The van der Waals surface area contributed by atoms with E-state index in [1.807, 2.05) is 12.1 Å². The molecule has 1 rings (SSSR count). The van der Waals surface area contributed by atoms with E-state index in [4.69, 9.17) is 10.7 Å². The Morgan fingerprint density at radius 3 is 2.08 bits per heavy atom. The maximum absolute atomic E-state index is 5.54. The zero-order chi connectivity index (χ0) is 9.40. The minimum atomic E-state index is 1.09. The van der Waals surface area contributed by atoms with Crippen LogP contribution in [0.3, 0.4) is 0 Å². The second-order valence-electron chi connectivity index (χ2n) is 2.07. The van der Waals surface area contributed by atoms with Crippen LogP contribution in [0, 0.1) is 0 Å². The van der Waals surface area contributed by atoms with Gasteiger partial charge in [-0.05, 0) is 45.8 Å². The van der Waals surface area contributed by atoms with Crippen molar-refractivity contribution in [3.63, 3.8) is 0 Å². The van der Waals surface area contributed by atoms with E-state index in [0.29, 0.717) is 0 Å². The van der Waals surface area contributed by atoms with E-state index in [0.717, 1.165) is 11.3 Å². The molecule has 0 aliphatic heterocycles. The van der Waals surface area contributed by atoms with Crippen LogP contribution in [0.4, 0.5) is 0 Å². The molecule has 0 N–H and O–H groups in total. The molecule has 0 fully saturated rings. The number of aryl methyl sites for hydroxylation is 1. The van der Waals surface area contributed by atoms with Crippen molar-refractivity contribution in [1.29, 1.82) is 0 Å². The fourth-order valence-corrected chi connectivity index (χ4v) is 1.32. The number of halogens is 1. The maximum atomic E-state index is 5.54. The van der Waals surface area contributed by atoms with E-state index in [1.165, 1.54) is 16.5 Å². The molecule has 0 atom stereocenters. The van der Waals surface area contributed by atoms with Crippen LogP contribution >= 0.6 is 21.7 Å². The van der Waals surface area contributed by atoms with E-state index in [9.17, 15) is 0 Å². The molecule has 0 aromatic heterocycles. The van der Waals surface area contributed by atoms with Crippen LogP contribution in [0.5, 0.6) is 0 Å². The summed E-state index contributed by atoms with van der Waals surface area (Å²) in [6.45, 7) is 8.14. The van der Waals surface area contributed by atoms with Crippen molar-refractivity contribution in [3.8, 4) is 0 Å². The highest BCUT2D eigenvalue weighted by molar-refractivity contribution is 8.21. The third-order valence-electron chi connectivity index (χ3n) is 1.42. The summed E-state index contributed by atoms with van der Waals surface area (Å²) in [5, 5.41) is 0. The van der Waals surface area contributed by atoms with Gasteiger partial charge in [0.15, 0.2) is 0 Å². The Hall–Kier alpha value is -0.400. The molecule has 0 aliphatic carbocycles. The van der Waals surface area contributed by atoms with Gasteiger partial charge < -0.3 is 0 Å². The quantitative estimate of drug-likeness (QED) is 0.642. The molecular formula is C10H13ClS. The first-order chi connectivity index (χ1) is 5.86. The Morgan fingerprint density at radius 2 is 1.75 bits per heavy atom. The Kier molecular flexibility index (Phi) is 7.02. The van der Waals surface area contributed by atoms with E-state index in [1.54, 1.807) is 0 Å². The molecule has 0 radical (unpaired) electrons. The van der Waals surface area contributed by atoms with Gasteiger partial charge in [0.05, 0.1) is 0 Å². The normalized spacial score (nSPS) is 8.50. The lowest BCUT2D eigenvalue weighted by molar-refractivity contribution is 1.13. The molecule has 0 nitrogen and oxygen atoms in total.